The average Bonchev–Trinajstić information content (AvgIpc) is 0.762. The van der Waals surface area contributed by atoms with Crippen LogP contribution in [0.15, 0.2) is 0 Å². The average molecular weight is 1530 g/mol. The Morgan fingerprint density at radius 2 is 0.558 bits per heavy atom. The van der Waals surface area contributed by atoms with Crippen molar-refractivity contribution < 1.29 is 218 Å². The summed E-state index contributed by atoms with van der Waals surface area (Å²) in [6.45, 7) is -3.09. The molecule has 9 aliphatic heterocycles. The Balaban J connectivity index is 0.993. The van der Waals surface area contributed by atoms with Gasteiger partial charge in [0.05, 0.1) is 58.5 Å². The highest BCUT2D eigenvalue weighted by molar-refractivity contribution is 5.73. The minimum absolute atomic E-state index is 0.944. The maximum atomic E-state index is 13.2. The Bertz CT molecular complexity index is 2680. The fraction of sp³-hybridized carbons (Fsp3) is 0.966. The molecular weight excluding hydrogens is 1430 g/mol. The number of aliphatic hydroxyl groups excluding tert-OH is 25. The van der Waals surface area contributed by atoms with Crippen LogP contribution in [-0.4, -0.2) is 462 Å². The summed E-state index contributed by atoms with van der Waals surface area (Å²) in [7, 11) is 0. The number of carbonyl (C=O) groups is 2. The molecule has 9 aliphatic rings. The van der Waals surface area contributed by atoms with Gasteiger partial charge in [-0.1, -0.05) is 0 Å². The van der Waals surface area contributed by atoms with Crippen LogP contribution < -0.4 is 10.6 Å². The van der Waals surface area contributed by atoms with Crippen LogP contribution in [0.2, 0.25) is 0 Å². The predicted octanol–water partition coefficient (Wildman–Crippen LogP) is -18.3. The van der Waals surface area contributed by atoms with Gasteiger partial charge in [-0.25, -0.2) is 0 Å². The third-order valence-corrected chi connectivity index (χ3v) is 19.5. The van der Waals surface area contributed by atoms with Crippen LogP contribution in [0.25, 0.3) is 0 Å². The van der Waals surface area contributed by atoms with E-state index in [4.69, 9.17) is 80.5 Å². The SMILES string of the molecule is CC(=O)N[C@H]1[C@H](O[C@@H]2[C@@H](OC[C@H]3O[C@H](O)[C@@H](O)[C@@H](O[C@H]4O[C@H](CO)[C@@H](O)[C@H](O)[C@@H]4O[C@@H]4O[C@H](CO)[C@@H](O[C@@H]5O[C@H](CO)[C@H](O)[C@H](O)[C@H]5O)[C@H](O[C@@H]5O[C@@H](C)[C@@H](O)[C@@H](O)[C@@H]5O)[C@H]4NC(C)=O)[C@@H]3O)O[C@H](CO)[C@@H](O)[C@@H]2O)O[C@H](CO)[C@@H](O[C@@H]2O[C@H](CO)[C@H](O)[C@H](O)[C@H]2O)[C@@H]1O[C@@H]1O[C@@H](C)[C@@H](O)[C@@H](O)[C@@H]1O. The molecule has 0 unspecified atom stereocenters. The zero-order chi connectivity index (χ0) is 76.5. The quantitative estimate of drug-likeness (QED) is 0.0404. The van der Waals surface area contributed by atoms with Crippen LogP contribution in [0.4, 0.5) is 0 Å². The number of rotatable bonds is 25. The lowest BCUT2D eigenvalue weighted by Gasteiger charge is -2.52. The maximum absolute atomic E-state index is 13.2. The van der Waals surface area contributed by atoms with Crippen molar-refractivity contribution >= 4 is 11.8 Å². The molecule has 0 bridgehead atoms. The lowest BCUT2D eigenvalue weighted by Crippen LogP contribution is -2.71. The molecular formula is C58H98N2O44. The molecule has 2 amide bonds. The highest BCUT2D eigenvalue weighted by Gasteiger charge is 2.61. The molecule has 0 aliphatic carbocycles. The van der Waals surface area contributed by atoms with E-state index in [0.717, 1.165) is 13.8 Å². The monoisotopic (exact) mass is 1530 g/mol. The molecule has 0 saturated carbocycles. The number of nitrogens with one attached hydrogen (secondary N) is 2. The van der Waals surface area contributed by atoms with E-state index in [-0.39, 0.29) is 0 Å². The molecule has 604 valence electrons. The van der Waals surface area contributed by atoms with E-state index in [2.05, 4.69) is 10.6 Å². The van der Waals surface area contributed by atoms with Crippen LogP contribution in [0.5, 0.6) is 0 Å². The fourth-order valence-electron chi connectivity index (χ4n) is 13.5. The number of carbonyl (C=O) groups excluding carboxylic acids is 2. The van der Waals surface area contributed by atoms with E-state index < -0.39 is 334 Å². The number of hydrogen-bond acceptors (Lipinski definition) is 44. The fourth-order valence-corrected chi connectivity index (χ4v) is 13.5. The summed E-state index contributed by atoms with van der Waals surface area (Å²) >= 11 is 0. The molecule has 9 saturated heterocycles. The minimum Gasteiger partial charge on any atom is -0.394 e. The highest BCUT2D eigenvalue weighted by Crippen LogP contribution is 2.40. The Morgan fingerprint density at radius 3 is 0.923 bits per heavy atom. The van der Waals surface area contributed by atoms with Crippen molar-refractivity contribution in [3.8, 4) is 0 Å². The summed E-state index contributed by atoms with van der Waals surface area (Å²) in [5, 5.41) is 278. The zero-order valence-corrected chi connectivity index (χ0v) is 55.9. The van der Waals surface area contributed by atoms with Gasteiger partial charge in [-0.2, -0.15) is 0 Å². The van der Waals surface area contributed by atoms with Crippen LogP contribution in [0.3, 0.4) is 0 Å². The van der Waals surface area contributed by atoms with Crippen LogP contribution >= 0.6 is 0 Å². The maximum Gasteiger partial charge on any atom is 0.217 e. The first-order valence-electron chi connectivity index (χ1n) is 33.4. The van der Waals surface area contributed by atoms with Gasteiger partial charge in [-0.3, -0.25) is 9.59 Å². The molecule has 104 heavy (non-hydrogen) atoms. The van der Waals surface area contributed by atoms with Gasteiger partial charge in [0.15, 0.2) is 56.6 Å². The summed E-state index contributed by atoms with van der Waals surface area (Å²) < 4.78 is 101. The molecule has 0 aromatic rings. The van der Waals surface area contributed by atoms with Crippen molar-refractivity contribution in [2.75, 3.05) is 46.2 Å². The Hall–Kier alpha value is -2.74. The summed E-state index contributed by atoms with van der Waals surface area (Å²) in [4.78, 5) is 26.5. The van der Waals surface area contributed by atoms with E-state index in [0.29, 0.717) is 0 Å². The van der Waals surface area contributed by atoms with E-state index in [1.54, 1.807) is 0 Å². The molecule has 0 aromatic carbocycles. The van der Waals surface area contributed by atoms with E-state index in [1.165, 1.54) is 13.8 Å². The van der Waals surface area contributed by atoms with Gasteiger partial charge >= 0.3 is 0 Å². The number of hydrogen-bond donors (Lipinski definition) is 27. The molecule has 0 radical (unpaired) electrons. The summed E-state index contributed by atoms with van der Waals surface area (Å²) in [5.74, 6) is -1.91. The molecule has 46 heteroatoms. The van der Waals surface area contributed by atoms with E-state index >= 15 is 0 Å². The highest BCUT2D eigenvalue weighted by atomic mass is 16.8. The number of amides is 2. The van der Waals surface area contributed by atoms with Crippen molar-refractivity contribution in [2.45, 2.75) is 304 Å². The molecule has 46 nitrogen and oxygen atoms in total. The minimum atomic E-state index is -2.42. The summed E-state index contributed by atoms with van der Waals surface area (Å²) in [6, 6.07) is -3.87. The third kappa shape index (κ3) is 18.1. The first-order chi connectivity index (χ1) is 49.1. The van der Waals surface area contributed by atoms with Crippen molar-refractivity contribution in [3.05, 3.63) is 0 Å². The van der Waals surface area contributed by atoms with Gasteiger partial charge in [0.1, 0.15) is 207 Å². The van der Waals surface area contributed by atoms with Gasteiger partial charge < -0.3 is 219 Å². The lowest BCUT2D eigenvalue weighted by atomic mass is 9.93. The van der Waals surface area contributed by atoms with Gasteiger partial charge in [-0.15, -0.1) is 0 Å². The first kappa shape index (κ1) is 85.3. The number of aliphatic hydroxyl groups is 25. The Morgan fingerprint density at radius 1 is 0.269 bits per heavy atom. The molecule has 0 aromatic heterocycles. The Labute approximate surface area is 589 Å². The number of ether oxygens (including phenoxy) is 17. The van der Waals surface area contributed by atoms with E-state index in [1.807, 2.05) is 0 Å². The summed E-state index contributed by atoms with van der Waals surface area (Å²) in [5.41, 5.74) is 0. The molecule has 45 atom stereocenters. The molecule has 9 heterocycles. The normalized spacial score (nSPS) is 51.9. The van der Waals surface area contributed by atoms with Crippen molar-refractivity contribution in [1.29, 1.82) is 0 Å². The smallest absolute Gasteiger partial charge is 0.217 e. The van der Waals surface area contributed by atoms with Gasteiger partial charge in [0.2, 0.25) is 11.8 Å². The molecule has 0 spiro atoms. The second kappa shape index (κ2) is 36.6. The van der Waals surface area contributed by atoms with Crippen LogP contribution in [-0.2, 0) is 90.1 Å². The van der Waals surface area contributed by atoms with Crippen molar-refractivity contribution in [2.24, 2.45) is 0 Å². The lowest BCUT2D eigenvalue weighted by molar-refractivity contribution is -0.399. The van der Waals surface area contributed by atoms with Crippen molar-refractivity contribution in [1.82, 2.24) is 10.6 Å². The van der Waals surface area contributed by atoms with Gasteiger partial charge in [0.25, 0.3) is 0 Å². The molecule has 9 rings (SSSR count). The topological polar surface area (TPSA) is 721 Å². The van der Waals surface area contributed by atoms with Gasteiger partial charge in [0, 0.05) is 13.8 Å². The third-order valence-electron chi connectivity index (χ3n) is 19.5. The van der Waals surface area contributed by atoms with Gasteiger partial charge in [-0.05, 0) is 13.8 Å². The molecule has 27 N–H and O–H groups in total. The second-order valence-electron chi connectivity index (χ2n) is 26.7. The second-order valence-corrected chi connectivity index (χ2v) is 26.7. The standard InChI is InChI=1S/C58H98N2O44/c1-12-25(69)32(76)38(82)53(89-12)100-45-23(59-14(3)67)51(96-20(9-65)43(45)98-55-40(84)34(78)27(71)16(5-61)92-55)103-48-36(80)29(73)18(7-63)94-57(48)88-11-22-31(75)47(42(86)50(87)91-22)102-58-49(37(81)30(74)19(8-64)95-58)104-52-24(60-15(4)68)46(101-54-39(83)33(77)26(70)13(2)90-54)44(21(10-66)97-52)99-56-41(85)35(79)28(72)17(6-62)93-56/h12-13,16-58,61-66,69-87H,5-11H2,1-4H3,(H,59,67)(H,60,68)/t12-,13-,16+,17+,18+,19+,20+,21+,22+,23+,24+,25+,26+,27-,28-,29+,30+,31+,32+,33+,34-,35-,36-,37-,38-,39-,40+,41+,42-,43+,44+,45+,46+,47-,48-,49-,50-,51-,52-,53-,54-,55-,56-,57-,58+/m0/s1. The first-order valence-corrected chi connectivity index (χ1v) is 33.4. The Kier molecular flexibility index (Phi) is 30.0. The van der Waals surface area contributed by atoms with E-state index in [9.17, 15) is 137 Å². The molecule has 9 fully saturated rings. The van der Waals surface area contributed by atoms with Crippen LogP contribution in [0.1, 0.15) is 27.7 Å². The zero-order valence-electron chi connectivity index (χ0n) is 55.9. The largest absolute Gasteiger partial charge is 0.394 e. The van der Waals surface area contributed by atoms with Crippen molar-refractivity contribution in [3.63, 3.8) is 0 Å². The predicted molar refractivity (Wildman–Crippen MR) is 317 cm³/mol. The summed E-state index contributed by atoms with van der Waals surface area (Å²) in [6.07, 6.45) is -86.6. The van der Waals surface area contributed by atoms with Crippen LogP contribution in [0, 0.1) is 0 Å².